The molecule has 0 radical (unpaired) electrons. The molecule has 1 amide bonds. The fourth-order valence-electron chi connectivity index (χ4n) is 3.48. The number of ether oxygens (including phenoxy) is 1. The van der Waals surface area contributed by atoms with Gasteiger partial charge in [0.15, 0.2) is 0 Å². The van der Waals surface area contributed by atoms with Crippen LogP contribution in [0.5, 0.6) is 5.75 Å². The molecule has 0 saturated carbocycles. The van der Waals surface area contributed by atoms with Crippen LogP contribution < -0.4 is 10.1 Å². The first-order valence-electron chi connectivity index (χ1n) is 10.0. The topological polar surface area (TPSA) is 74.0 Å². The number of amides is 1. The van der Waals surface area contributed by atoms with Gasteiger partial charge in [0.25, 0.3) is 5.91 Å². The number of aromatic nitrogens is 4. The van der Waals surface area contributed by atoms with Crippen molar-refractivity contribution in [3.8, 4) is 17.0 Å². The normalized spacial score (nSPS) is 10.8. The maximum atomic E-state index is 12.9. The number of carbonyl (C=O) groups is 1. The van der Waals surface area contributed by atoms with Crippen molar-refractivity contribution >= 4 is 11.9 Å². The SMILES string of the molecule is COc1ccc(C(=O)Nc2ncc(-c3ccc(C)c(C)c3)n2C)cc1Cn1cccn1. The molecule has 0 saturated heterocycles. The third kappa shape index (κ3) is 4.21. The molecule has 0 fully saturated rings. The summed E-state index contributed by atoms with van der Waals surface area (Å²) in [6, 6.07) is 13.5. The first kappa shape index (κ1) is 20.4. The maximum Gasteiger partial charge on any atom is 0.257 e. The lowest BCUT2D eigenvalue weighted by Gasteiger charge is -2.12. The van der Waals surface area contributed by atoms with Gasteiger partial charge in [-0.25, -0.2) is 4.98 Å². The predicted octanol–water partition coefficient (Wildman–Crippen LogP) is 4.21. The van der Waals surface area contributed by atoms with Crippen molar-refractivity contribution in [1.82, 2.24) is 19.3 Å². The van der Waals surface area contributed by atoms with Gasteiger partial charge >= 0.3 is 0 Å². The molecule has 0 aliphatic heterocycles. The van der Waals surface area contributed by atoms with Crippen LogP contribution in [0.3, 0.4) is 0 Å². The Morgan fingerprint density at radius 2 is 1.97 bits per heavy atom. The second-order valence-electron chi connectivity index (χ2n) is 7.51. The molecule has 7 nitrogen and oxygen atoms in total. The predicted molar refractivity (Wildman–Crippen MR) is 120 cm³/mol. The average Bonchev–Trinajstić information content (AvgIpc) is 3.40. The summed E-state index contributed by atoms with van der Waals surface area (Å²) in [5.74, 6) is 0.966. The van der Waals surface area contributed by atoms with Crippen molar-refractivity contribution in [2.75, 3.05) is 12.4 Å². The molecule has 0 bridgehead atoms. The minimum atomic E-state index is -0.232. The molecule has 7 heteroatoms. The van der Waals surface area contributed by atoms with Gasteiger partial charge in [0.05, 0.1) is 25.5 Å². The summed E-state index contributed by atoms with van der Waals surface area (Å²) in [5, 5.41) is 7.15. The fourth-order valence-corrected chi connectivity index (χ4v) is 3.48. The summed E-state index contributed by atoms with van der Waals surface area (Å²) in [7, 11) is 3.51. The number of anilines is 1. The van der Waals surface area contributed by atoms with E-state index in [1.54, 1.807) is 36.3 Å². The summed E-state index contributed by atoms with van der Waals surface area (Å²) in [6.45, 7) is 4.68. The highest BCUT2D eigenvalue weighted by Gasteiger charge is 2.15. The maximum absolute atomic E-state index is 12.9. The highest BCUT2D eigenvalue weighted by Crippen LogP contribution is 2.25. The number of methoxy groups -OCH3 is 1. The van der Waals surface area contributed by atoms with Gasteiger partial charge in [-0.15, -0.1) is 0 Å². The van der Waals surface area contributed by atoms with Crippen molar-refractivity contribution < 1.29 is 9.53 Å². The Morgan fingerprint density at radius 3 is 2.68 bits per heavy atom. The molecule has 4 rings (SSSR count). The molecule has 0 spiro atoms. The largest absolute Gasteiger partial charge is 0.496 e. The van der Waals surface area contributed by atoms with Crippen molar-refractivity contribution in [3.63, 3.8) is 0 Å². The third-order valence-corrected chi connectivity index (χ3v) is 5.45. The summed E-state index contributed by atoms with van der Waals surface area (Å²) in [5.41, 5.74) is 5.85. The lowest BCUT2D eigenvalue weighted by molar-refractivity contribution is 0.102. The Hall–Kier alpha value is -3.87. The molecule has 2 aromatic heterocycles. The molecule has 4 aromatic rings. The van der Waals surface area contributed by atoms with Gasteiger partial charge in [-0.1, -0.05) is 12.1 Å². The molecular formula is C24H25N5O2. The quantitative estimate of drug-likeness (QED) is 0.512. The van der Waals surface area contributed by atoms with Crippen LogP contribution in [0.4, 0.5) is 5.95 Å². The lowest BCUT2D eigenvalue weighted by atomic mass is 10.0. The van der Waals surface area contributed by atoms with E-state index in [2.05, 4.69) is 47.4 Å². The number of nitrogens with zero attached hydrogens (tertiary/aromatic N) is 4. The van der Waals surface area contributed by atoms with Crippen LogP contribution in [0.1, 0.15) is 27.0 Å². The molecule has 0 unspecified atom stereocenters. The highest BCUT2D eigenvalue weighted by atomic mass is 16.5. The zero-order valence-electron chi connectivity index (χ0n) is 18.1. The van der Waals surface area contributed by atoms with Gasteiger partial charge < -0.3 is 9.30 Å². The van der Waals surface area contributed by atoms with Crippen LogP contribution in [0.25, 0.3) is 11.3 Å². The van der Waals surface area contributed by atoms with Crippen molar-refractivity contribution in [2.24, 2.45) is 7.05 Å². The molecule has 0 atom stereocenters. The number of hydrogen-bond acceptors (Lipinski definition) is 4. The van der Waals surface area contributed by atoms with E-state index in [1.807, 2.05) is 29.9 Å². The standard InChI is InChI=1S/C24H25N5O2/c1-16-6-7-18(12-17(16)2)21-14-25-24(28(21)3)27-23(30)19-8-9-22(31-4)20(13-19)15-29-11-5-10-26-29/h5-14H,15H2,1-4H3,(H,25,27,30). The third-order valence-electron chi connectivity index (χ3n) is 5.45. The molecule has 2 heterocycles. The van der Waals surface area contributed by atoms with Crippen LogP contribution in [0.2, 0.25) is 0 Å². The smallest absolute Gasteiger partial charge is 0.257 e. The number of carbonyl (C=O) groups excluding carboxylic acids is 1. The fraction of sp³-hybridized carbons (Fsp3) is 0.208. The number of hydrogen-bond donors (Lipinski definition) is 1. The van der Waals surface area contributed by atoms with Crippen molar-refractivity contribution in [1.29, 1.82) is 0 Å². The van der Waals surface area contributed by atoms with Crippen LogP contribution in [-0.2, 0) is 13.6 Å². The second kappa shape index (κ2) is 8.47. The van der Waals surface area contributed by atoms with E-state index in [0.29, 0.717) is 23.8 Å². The Bertz CT molecular complexity index is 1230. The molecule has 1 N–H and O–H groups in total. The second-order valence-corrected chi connectivity index (χ2v) is 7.51. The minimum Gasteiger partial charge on any atom is -0.496 e. The first-order chi connectivity index (χ1) is 15.0. The van der Waals surface area contributed by atoms with Gasteiger partial charge in [0.2, 0.25) is 5.95 Å². The van der Waals surface area contributed by atoms with Crippen LogP contribution >= 0.6 is 0 Å². The Kier molecular flexibility index (Phi) is 5.58. The molecule has 31 heavy (non-hydrogen) atoms. The van der Waals surface area contributed by atoms with E-state index >= 15 is 0 Å². The number of imidazole rings is 1. The first-order valence-corrected chi connectivity index (χ1v) is 10.0. The van der Waals surface area contributed by atoms with E-state index in [-0.39, 0.29) is 5.91 Å². The summed E-state index contributed by atoms with van der Waals surface area (Å²) < 4.78 is 9.12. The van der Waals surface area contributed by atoms with Gasteiger partial charge in [-0.2, -0.15) is 5.10 Å². The Labute approximate surface area is 181 Å². The van der Waals surface area contributed by atoms with Crippen LogP contribution in [0, 0.1) is 13.8 Å². The van der Waals surface area contributed by atoms with Gasteiger partial charge in [0, 0.05) is 36.1 Å². The van der Waals surface area contributed by atoms with E-state index in [1.165, 1.54) is 11.1 Å². The van der Waals surface area contributed by atoms with Crippen LogP contribution in [0.15, 0.2) is 61.1 Å². The van der Waals surface area contributed by atoms with Gasteiger partial charge in [-0.05, 0) is 55.3 Å². The number of aryl methyl sites for hydroxylation is 2. The number of benzene rings is 2. The van der Waals surface area contributed by atoms with Crippen molar-refractivity contribution in [2.45, 2.75) is 20.4 Å². The summed E-state index contributed by atoms with van der Waals surface area (Å²) in [6.07, 6.45) is 5.36. The van der Waals surface area contributed by atoms with Crippen molar-refractivity contribution in [3.05, 3.63) is 83.3 Å². The lowest BCUT2D eigenvalue weighted by Crippen LogP contribution is -2.16. The molecular weight excluding hydrogens is 390 g/mol. The van der Waals surface area contributed by atoms with Gasteiger partial charge in [-0.3, -0.25) is 14.8 Å². The van der Waals surface area contributed by atoms with E-state index < -0.39 is 0 Å². The Morgan fingerprint density at radius 1 is 1.13 bits per heavy atom. The zero-order chi connectivity index (χ0) is 22.0. The minimum absolute atomic E-state index is 0.232. The number of rotatable bonds is 6. The van der Waals surface area contributed by atoms with Gasteiger partial charge in [0.1, 0.15) is 5.75 Å². The molecule has 2 aromatic carbocycles. The zero-order valence-corrected chi connectivity index (χ0v) is 18.1. The molecule has 0 aliphatic rings. The Balaban J connectivity index is 1.57. The molecule has 0 aliphatic carbocycles. The highest BCUT2D eigenvalue weighted by molar-refractivity contribution is 6.03. The van der Waals surface area contributed by atoms with Crippen LogP contribution in [-0.4, -0.2) is 32.3 Å². The number of nitrogens with one attached hydrogen (secondary N) is 1. The molecule has 158 valence electrons. The summed E-state index contributed by atoms with van der Waals surface area (Å²) in [4.78, 5) is 17.4. The summed E-state index contributed by atoms with van der Waals surface area (Å²) >= 11 is 0. The van der Waals surface area contributed by atoms with E-state index in [4.69, 9.17) is 4.74 Å². The van der Waals surface area contributed by atoms with E-state index in [9.17, 15) is 4.79 Å². The average molecular weight is 415 g/mol. The van der Waals surface area contributed by atoms with E-state index in [0.717, 1.165) is 16.8 Å². The monoisotopic (exact) mass is 415 g/mol.